The second-order valence-electron chi connectivity index (χ2n) is 7.48. The number of nitrogens with one attached hydrogen (secondary N) is 1. The first-order chi connectivity index (χ1) is 13.8. The van der Waals surface area contributed by atoms with E-state index in [1.165, 1.54) is 12.3 Å². The van der Waals surface area contributed by atoms with Crippen LogP contribution >= 0.6 is 24.8 Å². The molecule has 172 valence electrons. The number of alkyl halides is 3. The molecule has 0 aliphatic carbocycles. The number of H-pyrrole nitrogens is 1. The highest BCUT2D eigenvalue weighted by atomic mass is 35.5. The predicted octanol–water partition coefficient (Wildman–Crippen LogP) is 2.73. The van der Waals surface area contributed by atoms with E-state index in [0.29, 0.717) is 32.1 Å². The molecule has 0 amide bonds. The van der Waals surface area contributed by atoms with Gasteiger partial charge in [0, 0.05) is 52.5 Å². The number of hydrogen-bond acceptors (Lipinski definition) is 6. The molecule has 0 atom stereocenters. The van der Waals surface area contributed by atoms with Crippen molar-refractivity contribution in [3.05, 3.63) is 45.5 Å². The number of hydrogen-bond donors (Lipinski definition) is 1. The van der Waals surface area contributed by atoms with Crippen molar-refractivity contribution in [3.63, 3.8) is 0 Å². The van der Waals surface area contributed by atoms with Gasteiger partial charge in [-0.1, -0.05) is 0 Å². The molecule has 7 nitrogen and oxygen atoms in total. The molecule has 0 unspecified atom stereocenters. The van der Waals surface area contributed by atoms with Crippen LogP contribution in [0, 0.1) is 0 Å². The van der Waals surface area contributed by atoms with E-state index in [2.05, 4.69) is 15.0 Å². The maximum atomic E-state index is 13.2. The van der Waals surface area contributed by atoms with Crippen LogP contribution in [0.4, 0.5) is 24.9 Å². The second-order valence-corrected chi connectivity index (χ2v) is 7.48. The SMILES string of the molecule is CN1CCCc2c1nc(N1CCN(Cc3ncccc3C(F)(F)F)CC1)[nH]c2=O.Cl.Cl. The highest BCUT2D eigenvalue weighted by Gasteiger charge is 2.34. The number of piperazine rings is 1. The van der Waals surface area contributed by atoms with E-state index in [1.54, 1.807) is 0 Å². The Bertz CT molecular complexity index is 947. The van der Waals surface area contributed by atoms with Crippen molar-refractivity contribution in [1.82, 2.24) is 19.9 Å². The van der Waals surface area contributed by atoms with Crippen LogP contribution in [0.5, 0.6) is 0 Å². The summed E-state index contributed by atoms with van der Waals surface area (Å²) in [5.41, 5.74) is -0.0419. The maximum Gasteiger partial charge on any atom is 0.418 e. The molecule has 0 spiro atoms. The van der Waals surface area contributed by atoms with Crippen molar-refractivity contribution in [3.8, 4) is 0 Å². The summed E-state index contributed by atoms with van der Waals surface area (Å²) in [4.78, 5) is 29.8. The molecule has 4 heterocycles. The predicted molar refractivity (Wildman–Crippen MR) is 118 cm³/mol. The van der Waals surface area contributed by atoms with Crippen LogP contribution in [0.2, 0.25) is 0 Å². The molecule has 31 heavy (non-hydrogen) atoms. The number of nitrogens with zero attached hydrogens (tertiary/aromatic N) is 5. The lowest BCUT2D eigenvalue weighted by atomic mass is 10.1. The number of aromatic amines is 1. The second kappa shape index (κ2) is 10.1. The van der Waals surface area contributed by atoms with Crippen LogP contribution in [0.3, 0.4) is 0 Å². The van der Waals surface area contributed by atoms with Crippen LogP contribution in [0.25, 0.3) is 0 Å². The van der Waals surface area contributed by atoms with Crippen LogP contribution in [0.1, 0.15) is 23.2 Å². The number of rotatable bonds is 3. The van der Waals surface area contributed by atoms with Gasteiger partial charge in [-0.05, 0) is 25.0 Å². The molecule has 2 aromatic rings. The number of pyridine rings is 1. The normalized spacial score (nSPS) is 16.9. The molecule has 4 rings (SSSR count). The lowest BCUT2D eigenvalue weighted by molar-refractivity contribution is -0.138. The van der Waals surface area contributed by atoms with Crippen molar-refractivity contribution in [2.75, 3.05) is 49.6 Å². The summed E-state index contributed by atoms with van der Waals surface area (Å²) in [5.74, 6) is 1.25. The van der Waals surface area contributed by atoms with Gasteiger partial charge in [-0.3, -0.25) is 19.7 Å². The largest absolute Gasteiger partial charge is 0.418 e. The van der Waals surface area contributed by atoms with Gasteiger partial charge >= 0.3 is 6.18 Å². The summed E-state index contributed by atoms with van der Waals surface area (Å²) < 4.78 is 39.5. The zero-order valence-electron chi connectivity index (χ0n) is 17.0. The molecular weight excluding hydrogens is 456 g/mol. The van der Waals surface area contributed by atoms with Crippen molar-refractivity contribution < 1.29 is 13.2 Å². The minimum absolute atomic E-state index is 0. The van der Waals surface area contributed by atoms with Gasteiger partial charge in [-0.25, -0.2) is 0 Å². The van der Waals surface area contributed by atoms with Crippen molar-refractivity contribution in [1.29, 1.82) is 0 Å². The maximum absolute atomic E-state index is 13.2. The van der Waals surface area contributed by atoms with Crippen molar-refractivity contribution in [2.45, 2.75) is 25.6 Å². The molecule has 0 aromatic carbocycles. The lowest BCUT2D eigenvalue weighted by Crippen LogP contribution is -2.47. The molecule has 2 aliphatic heterocycles. The molecule has 0 bridgehead atoms. The Morgan fingerprint density at radius 1 is 1.13 bits per heavy atom. The van der Waals surface area contributed by atoms with Gasteiger partial charge < -0.3 is 9.80 Å². The monoisotopic (exact) mass is 480 g/mol. The van der Waals surface area contributed by atoms with E-state index in [4.69, 9.17) is 0 Å². The molecule has 2 aromatic heterocycles. The van der Waals surface area contributed by atoms with Crippen LogP contribution < -0.4 is 15.4 Å². The fraction of sp³-hybridized carbons (Fsp3) is 0.526. The van der Waals surface area contributed by atoms with Gasteiger partial charge in [0.25, 0.3) is 5.56 Å². The summed E-state index contributed by atoms with van der Waals surface area (Å²) in [5, 5.41) is 0. The Balaban J connectivity index is 0.00000171. The quantitative estimate of drug-likeness (QED) is 0.728. The number of aromatic nitrogens is 3. The summed E-state index contributed by atoms with van der Waals surface area (Å²) >= 11 is 0. The Labute approximate surface area is 190 Å². The summed E-state index contributed by atoms with van der Waals surface area (Å²) in [6.07, 6.45) is -1.37. The van der Waals surface area contributed by atoms with E-state index in [1.807, 2.05) is 21.7 Å². The highest BCUT2D eigenvalue weighted by molar-refractivity contribution is 5.85. The molecule has 0 radical (unpaired) electrons. The molecule has 12 heteroatoms. The Hall–Kier alpha value is -2.04. The third kappa shape index (κ3) is 5.42. The molecule has 1 saturated heterocycles. The van der Waals surface area contributed by atoms with Gasteiger partial charge in [0.05, 0.1) is 16.8 Å². The van der Waals surface area contributed by atoms with Gasteiger partial charge in [-0.15, -0.1) is 24.8 Å². The fourth-order valence-electron chi connectivity index (χ4n) is 3.92. The first kappa shape index (κ1) is 25.2. The van der Waals surface area contributed by atoms with E-state index in [-0.39, 0.29) is 42.6 Å². The summed E-state index contributed by atoms with van der Waals surface area (Å²) in [6, 6.07) is 2.37. The smallest absolute Gasteiger partial charge is 0.359 e. The Morgan fingerprint density at radius 2 is 1.84 bits per heavy atom. The average Bonchev–Trinajstić information content (AvgIpc) is 2.69. The first-order valence-corrected chi connectivity index (χ1v) is 9.65. The number of anilines is 2. The topological polar surface area (TPSA) is 68.4 Å². The minimum Gasteiger partial charge on any atom is -0.359 e. The van der Waals surface area contributed by atoms with Crippen molar-refractivity contribution >= 4 is 36.6 Å². The third-order valence-corrected chi connectivity index (χ3v) is 5.50. The van der Waals surface area contributed by atoms with Gasteiger partial charge in [0.15, 0.2) is 0 Å². The first-order valence-electron chi connectivity index (χ1n) is 9.65. The summed E-state index contributed by atoms with van der Waals surface area (Å²) in [7, 11) is 1.93. The Morgan fingerprint density at radius 3 is 2.52 bits per heavy atom. The van der Waals surface area contributed by atoms with Crippen LogP contribution in [0.15, 0.2) is 23.1 Å². The molecule has 2 aliphatic rings. The minimum atomic E-state index is -4.41. The molecular formula is C19H25Cl2F3N6O. The fourth-order valence-corrected chi connectivity index (χ4v) is 3.92. The number of fused-ring (bicyclic) bond motifs is 1. The third-order valence-electron chi connectivity index (χ3n) is 5.50. The van der Waals surface area contributed by atoms with Gasteiger partial charge in [0.2, 0.25) is 5.95 Å². The zero-order valence-corrected chi connectivity index (χ0v) is 18.6. The molecule has 1 N–H and O–H groups in total. The summed E-state index contributed by atoms with van der Waals surface area (Å²) in [6.45, 7) is 3.26. The Kier molecular flexibility index (Phi) is 8.18. The highest BCUT2D eigenvalue weighted by Crippen LogP contribution is 2.31. The zero-order chi connectivity index (χ0) is 20.6. The average molecular weight is 481 g/mol. The van der Waals surface area contributed by atoms with E-state index in [9.17, 15) is 18.0 Å². The van der Waals surface area contributed by atoms with Gasteiger partial charge in [0.1, 0.15) is 5.82 Å². The van der Waals surface area contributed by atoms with Crippen molar-refractivity contribution in [2.24, 2.45) is 0 Å². The van der Waals surface area contributed by atoms with E-state index < -0.39 is 11.7 Å². The molecule has 0 saturated carbocycles. The lowest BCUT2D eigenvalue weighted by Gasteiger charge is -2.36. The van der Waals surface area contributed by atoms with Crippen LogP contribution in [-0.2, 0) is 19.1 Å². The van der Waals surface area contributed by atoms with E-state index >= 15 is 0 Å². The van der Waals surface area contributed by atoms with Gasteiger partial charge in [-0.2, -0.15) is 18.2 Å². The van der Waals surface area contributed by atoms with E-state index in [0.717, 1.165) is 36.8 Å². The number of halogens is 5. The molecule has 1 fully saturated rings. The van der Waals surface area contributed by atoms with Crippen LogP contribution in [-0.4, -0.2) is 59.6 Å². The standard InChI is InChI=1S/C19H23F3N6O.2ClH/c1-26-7-3-4-13-16(26)24-18(25-17(13)29)28-10-8-27(9-11-28)12-15-14(19(20,21)22)5-2-6-23-15;;/h2,5-6H,3-4,7-12H2,1H3,(H,24,25,29);2*1H.